The topological polar surface area (TPSA) is 151 Å². The molecule has 0 aromatic carbocycles. The van der Waals surface area contributed by atoms with Crippen LogP contribution in [0.25, 0.3) is 0 Å². The summed E-state index contributed by atoms with van der Waals surface area (Å²) in [5.74, 6) is -2.50. The van der Waals surface area contributed by atoms with E-state index in [-0.39, 0.29) is 43.2 Å². The number of hydrogen-bond acceptors (Lipinski definition) is 8. The third-order valence-electron chi connectivity index (χ3n) is 8.10. The van der Waals surface area contributed by atoms with Crippen LogP contribution >= 0.6 is 11.6 Å². The van der Waals surface area contributed by atoms with E-state index in [1.807, 2.05) is 22.8 Å². The van der Waals surface area contributed by atoms with E-state index in [0.29, 0.717) is 55.7 Å². The number of pyridine rings is 1. The molecule has 0 saturated carbocycles. The van der Waals surface area contributed by atoms with Crippen LogP contribution in [0.2, 0.25) is 5.02 Å². The predicted molar refractivity (Wildman–Crippen MR) is 150 cm³/mol. The van der Waals surface area contributed by atoms with Crippen molar-refractivity contribution in [1.29, 1.82) is 0 Å². The van der Waals surface area contributed by atoms with Crippen molar-refractivity contribution in [1.82, 2.24) is 19.6 Å². The molecule has 0 radical (unpaired) electrons. The molecular weight excluding hydrogens is 623 g/mol. The number of carbonyl (C=O) groups excluding carboxylic acids is 3. The summed E-state index contributed by atoms with van der Waals surface area (Å²) in [5, 5.41) is 23.0. The van der Waals surface area contributed by atoms with Crippen LogP contribution in [0.1, 0.15) is 60.8 Å². The molecule has 2 saturated heterocycles. The minimum atomic E-state index is -5.19. The molecule has 2 aromatic heterocycles. The van der Waals surface area contributed by atoms with Gasteiger partial charge in [0.1, 0.15) is 18.6 Å². The fraction of sp³-hybridized carbons (Fsp3) is 0.621. The highest BCUT2D eigenvalue weighted by molar-refractivity contribution is 6.31. The van der Waals surface area contributed by atoms with Crippen LogP contribution in [0.5, 0.6) is 5.88 Å². The molecule has 0 spiro atoms. The molecule has 5 rings (SSSR count). The summed E-state index contributed by atoms with van der Waals surface area (Å²) in [7, 11) is 0. The van der Waals surface area contributed by atoms with E-state index in [9.17, 15) is 22.8 Å². The Kier molecular flexibility index (Phi) is 11.7. The SMILES string of the molecule is C[C@H]1C[C@H](Oc2[nH+]cccc2Cl)CCN1C(=O)Cn1nc(C(=O)N2CCC(OCCO)CC2)c2c1CCC2.O=C([O-])C(F)(F)F. The number of aromatic amines is 1. The number of H-pyrrole nitrogens is 1. The van der Waals surface area contributed by atoms with Gasteiger partial charge in [-0.05, 0) is 45.1 Å². The lowest BCUT2D eigenvalue weighted by molar-refractivity contribution is -0.397. The Hall–Kier alpha value is -3.43. The number of carboxylic acid groups (broad SMARTS) is 1. The van der Waals surface area contributed by atoms with Gasteiger partial charge in [0.15, 0.2) is 16.9 Å². The molecule has 0 unspecified atom stereocenters. The number of ether oxygens (including phenoxy) is 2. The Morgan fingerprint density at radius 3 is 2.47 bits per heavy atom. The molecule has 12 nitrogen and oxygen atoms in total. The number of nitrogens with zero attached hydrogens (tertiary/aromatic N) is 4. The van der Waals surface area contributed by atoms with Gasteiger partial charge in [0.2, 0.25) is 5.91 Å². The molecule has 3 aliphatic rings. The molecule has 45 heavy (non-hydrogen) atoms. The predicted octanol–water partition coefficient (Wildman–Crippen LogP) is 1.21. The van der Waals surface area contributed by atoms with Crippen LogP contribution in [0.3, 0.4) is 0 Å². The average molecular weight is 660 g/mol. The first-order chi connectivity index (χ1) is 21.4. The van der Waals surface area contributed by atoms with Crippen LogP contribution in [0.4, 0.5) is 13.2 Å². The summed E-state index contributed by atoms with van der Waals surface area (Å²) in [5.41, 5.74) is 2.51. The highest BCUT2D eigenvalue weighted by Crippen LogP contribution is 2.29. The summed E-state index contributed by atoms with van der Waals surface area (Å²) >= 11 is 6.22. The number of rotatable bonds is 8. The number of aliphatic hydroxyl groups is 1. The monoisotopic (exact) mass is 659 g/mol. The zero-order valence-corrected chi connectivity index (χ0v) is 25.6. The number of fused-ring (bicyclic) bond motifs is 1. The zero-order chi connectivity index (χ0) is 32.7. The Morgan fingerprint density at radius 2 is 1.84 bits per heavy atom. The number of carboxylic acids is 1. The number of carbonyl (C=O) groups is 3. The van der Waals surface area contributed by atoms with Crippen LogP contribution in [-0.4, -0.2) is 99.7 Å². The van der Waals surface area contributed by atoms with E-state index < -0.39 is 12.1 Å². The lowest BCUT2D eigenvalue weighted by atomic mass is 10.0. The zero-order valence-electron chi connectivity index (χ0n) is 24.9. The number of hydrogen-bond donors (Lipinski definition) is 1. The van der Waals surface area contributed by atoms with Crippen molar-refractivity contribution in [2.24, 2.45) is 0 Å². The summed E-state index contributed by atoms with van der Waals surface area (Å²) in [6, 6.07) is 3.62. The third-order valence-corrected chi connectivity index (χ3v) is 8.40. The minimum Gasteiger partial charge on any atom is -0.542 e. The molecule has 2 atom stereocenters. The maximum Gasteiger partial charge on any atom is 0.430 e. The molecule has 2 fully saturated rings. The van der Waals surface area contributed by atoms with Gasteiger partial charge in [0.25, 0.3) is 5.91 Å². The van der Waals surface area contributed by atoms with Gasteiger partial charge in [0.05, 0.1) is 19.3 Å². The lowest BCUT2D eigenvalue weighted by Crippen LogP contribution is -2.48. The van der Waals surface area contributed by atoms with E-state index in [1.54, 1.807) is 16.9 Å². The third kappa shape index (κ3) is 8.85. The van der Waals surface area contributed by atoms with E-state index in [2.05, 4.69) is 10.1 Å². The molecule has 2 N–H and O–H groups in total. The van der Waals surface area contributed by atoms with Gasteiger partial charge in [-0.1, -0.05) is 11.6 Å². The van der Waals surface area contributed by atoms with E-state index in [4.69, 9.17) is 36.1 Å². The van der Waals surface area contributed by atoms with Crippen molar-refractivity contribution in [2.45, 2.75) is 82.8 Å². The van der Waals surface area contributed by atoms with E-state index >= 15 is 0 Å². The first kappa shape index (κ1) is 34.4. The maximum absolute atomic E-state index is 13.4. The first-order valence-electron chi connectivity index (χ1n) is 14.9. The second kappa shape index (κ2) is 15.2. The van der Waals surface area contributed by atoms with Crippen molar-refractivity contribution in [3.8, 4) is 5.88 Å². The van der Waals surface area contributed by atoms with Crippen molar-refractivity contribution in [2.75, 3.05) is 32.8 Å². The van der Waals surface area contributed by atoms with Gasteiger partial charge in [-0.15, -0.1) is 0 Å². The molecule has 2 aliphatic heterocycles. The number of likely N-dealkylation sites (tertiary alicyclic amines) is 2. The molecular formula is C29H37ClF3N5O7. The maximum atomic E-state index is 13.4. The summed E-state index contributed by atoms with van der Waals surface area (Å²) < 4.78 is 45.0. The second-order valence-corrected chi connectivity index (χ2v) is 11.6. The van der Waals surface area contributed by atoms with Gasteiger partial charge in [-0.3, -0.25) is 14.3 Å². The number of aliphatic carboxylic acids is 1. The van der Waals surface area contributed by atoms with Crippen LogP contribution in [0, 0.1) is 0 Å². The van der Waals surface area contributed by atoms with Crippen molar-refractivity contribution >= 4 is 29.4 Å². The van der Waals surface area contributed by atoms with Crippen molar-refractivity contribution in [3.63, 3.8) is 0 Å². The number of piperidine rings is 2. The number of nitrogens with one attached hydrogen (secondary N) is 1. The first-order valence-corrected chi connectivity index (χ1v) is 15.3. The molecule has 0 bridgehead atoms. The second-order valence-electron chi connectivity index (χ2n) is 11.2. The fourth-order valence-corrected chi connectivity index (χ4v) is 6.06. The number of aromatic nitrogens is 3. The number of amides is 2. The van der Waals surface area contributed by atoms with Gasteiger partial charge >= 0.3 is 12.1 Å². The van der Waals surface area contributed by atoms with Gasteiger partial charge in [0, 0.05) is 55.8 Å². The molecule has 4 heterocycles. The molecule has 16 heteroatoms. The van der Waals surface area contributed by atoms with Crippen molar-refractivity contribution < 1.29 is 52.2 Å². The number of halogens is 4. The normalized spacial score (nSPS) is 20.3. The molecule has 1 aliphatic carbocycles. The van der Waals surface area contributed by atoms with Crippen LogP contribution < -0.4 is 14.8 Å². The fourth-order valence-electron chi connectivity index (χ4n) is 5.89. The standard InChI is InChI=1S/C27H36ClN5O5.C2HF3O2/c1-18-16-20(38-26-22(28)5-3-10-29-26)9-13-32(18)24(35)17-33-23-6-2-4-21(23)25(30-33)27(36)31-11-7-19(8-12-31)37-15-14-34;3-2(4,5)1(6)7/h3,5,10,18-20,34H,2,4,6-9,11-17H2,1H3;(H,6,7)/t18-,20+;/m0./s1. The summed E-state index contributed by atoms with van der Waals surface area (Å²) in [4.78, 5) is 42.3. The van der Waals surface area contributed by atoms with Gasteiger partial charge in [-0.25, -0.2) is 0 Å². The molecule has 248 valence electrons. The smallest absolute Gasteiger partial charge is 0.430 e. The molecule has 2 aromatic rings. The Labute approximate surface area is 263 Å². The highest BCUT2D eigenvalue weighted by Gasteiger charge is 2.35. The van der Waals surface area contributed by atoms with E-state index in [1.165, 1.54) is 0 Å². The Morgan fingerprint density at radius 1 is 1.16 bits per heavy atom. The number of alkyl halides is 3. The Balaban J connectivity index is 0.000000591. The lowest BCUT2D eigenvalue weighted by Gasteiger charge is -2.37. The Bertz CT molecular complexity index is 1350. The van der Waals surface area contributed by atoms with Gasteiger partial charge < -0.3 is 34.3 Å². The van der Waals surface area contributed by atoms with Crippen molar-refractivity contribution in [3.05, 3.63) is 40.3 Å². The average Bonchev–Trinajstić information content (AvgIpc) is 3.61. The summed E-state index contributed by atoms with van der Waals surface area (Å²) in [6.45, 7) is 4.33. The number of aliphatic hydroxyl groups excluding tert-OH is 1. The minimum absolute atomic E-state index is 0.00724. The van der Waals surface area contributed by atoms with E-state index in [0.717, 1.165) is 43.4 Å². The largest absolute Gasteiger partial charge is 0.542 e. The summed E-state index contributed by atoms with van der Waals surface area (Å²) in [6.07, 6.45) is 2.18. The van der Waals surface area contributed by atoms with Crippen LogP contribution in [0.15, 0.2) is 18.3 Å². The van der Waals surface area contributed by atoms with Crippen LogP contribution in [-0.2, 0) is 33.7 Å². The quantitative estimate of drug-likeness (QED) is 0.444. The molecule has 2 amide bonds. The highest BCUT2D eigenvalue weighted by atomic mass is 35.5. The van der Waals surface area contributed by atoms with Gasteiger partial charge in [-0.2, -0.15) is 23.3 Å².